The second-order valence-electron chi connectivity index (χ2n) is 14.3. The van der Waals surface area contributed by atoms with E-state index in [1.165, 1.54) is 16.7 Å². The van der Waals surface area contributed by atoms with Crippen molar-refractivity contribution in [3.8, 4) is 79.4 Å². The van der Waals surface area contributed by atoms with Crippen LogP contribution in [0.4, 0.5) is 0 Å². The molecule has 5 nitrogen and oxygen atoms in total. The van der Waals surface area contributed by atoms with Crippen molar-refractivity contribution < 1.29 is 9.47 Å². The Kier molecular flexibility index (Phi) is 7.64. The summed E-state index contributed by atoms with van der Waals surface area (Å²) in [6, 6.07) is 69.1. The van der Waals surface area contributed by atoms with Crippen LogP contribution < -0.4 is 9.47 Å². The molecular weight excluding hydrogens is 699 g/mol. The lowest BCUT2D eigenvalue weighted by atomic mass is 9.67. The van der Waals surface area contributed by atoms with E-state index in [9.17, 15) is 0 Å². The highest BCUT2D eigenvalue weighted by molar-refractivity contribution is 5.89. The first-order valence-corrected chi connectivity index (χ1v) is 19.1. The first-order chi connectivity index (χ1) is 28.2. The molecule has 0 radical (unpaired) electrons. The quantitative estimate of drug-likeness (QED) is 0.170. The van der Waals surface area contributed by atoms with Crippen LogP contribution >= 0.6 is 0 Å². The molecule has 268 valence electrons. The van der Waals surface area contributed by atoms with Gasteiger partial charge in [0.05, 0.1) is 11.0 Å². The van der Waals surface area contributed by atoms with Gasteiger partial charge in [0.15, 0.2) is 40.5 Å². The number of hydrogen-bond donors (Lipinski definition) is 0. The average Bonchev–Trinajstić information content (AvgIpc) is 3.58. The van der Waals surface area contributed by atoms with Gasteiger partial charge < -0.3 is 9.47 Å². The van der Waals surface area contributed by atoms with Gasteiger partial charge in [-0.1, -0.05) is 170 Å². The maximum atomic E-state index is 6.93. The van der Waals surface area contributed by atoms with Gasteiger partial charge in [-0.2, -0.15) is 0 Å². The summed E-state index contributed by atoms with van der Waals surface area (Å²) < 4.78 is 13.8. The zero-order valence-corrected chi connectivity index (χ0v) is 30.7. The number of ether oxygens (including phenoxy) is 2. The van der Waals surface area contributed by atoms with Gasteiger partial charge >= 0.3 is 0 Å². The molecular formula is C52H33N3O2. The van der Waals surface area contributed by atoms with E-state index >= 15 is 0 Å². The average molecular weight is 732 g/mol. The summed E-state index contributed by atoms with van der Waals surface area (Å²) in [5.74, 6) is 4.07. The Balaban J connectivity index is 1.06. The van der Waals surface area contributed by atoms with Gasteiger partial charge in [0.25, 0.3) is 0 Å². The summed E-state index contributed by atoms with van der Waals surface area (Å²) in [5, 5.41) is 0. The lowest BCUT2D eigenvalue weighted by molar-refractivity contribution is 0.360. The van der Waals surface area contributed by atoms with Crippen molar-refractivity contribution in [2.24, 2.45) is 0 Å². The van der Waals surface area contributed by atoms with Crippen LogP contribution in [-0.2, 0) is 5.41 Å². The monoisotopic (exact) mass is 731 g/mol. The molecule has 0 N–H and O–H groups in total. The molecule has 1 aromatic heterocycles. The molecule has 11 rings (SSSR count). The van der Waals surface area contributed by atoms with Crippen molar-refractivity contribution in [3.05, 3.63) is 222 Å². The lowest BCUT2D eigenvalue weighted by Gasteiger charge is -2.34. The molecule has 0 saturated carbocycles. The standard InChI is InChI=1S/C52H33N3O2/c1-5-17-34(18-6-1)36-21-15-22-37(31-36)50-53-49(35-19-7-2-8-20-35)54-51(55-50)41-28-16-30-45-48(41)57-46-32-42-40-27-13-14-29-43(40)52(38-23-9-3-10-24-38,39-25-11-4-12-26-39)44(42)33-47(46)56-45/h1-33H. The van der Waals surface area contributed by atoms with Crippen molar-refractivity contribution in [1.82, 2.24) is 15.0 Å². The van der Waals surface area contributed by atoms with E-state index in [2.05, 4.69) is 121 Å². The van der Waals surface area contributed by atoms with Crippen LogP contribution in [0.15, 0.2) is 200 Å². The van der Waals surface area contributed by atoms with Crippen molar-refractivity contribution in [1.29, 1.82) is 0 Å². The summed E-state index contributed by atoms with van der Waals surface area (Å²) >= 11 is 0. The summed E-state index contributed by atoms with van der Waals surface area (Å²) in [5.41, 5.74) is 11.2. The van der Waals surface area contributed by atoms with Crippen molar-refractivity contribution in [2.75, 3.05) is 0 Å². The summed E-state index contributed by atoms with van der Waals surface area (Å²) in [4.78, 5) is 15.2. The van der Waals surface area contributed by atoms with Gasteiger partial charge in [0.1, 0.15) is 0 Å². The topological polar surface area (TPSA) is 57.1 Å². The van der Waals surface area contributed by atoms with Gasteiger partial charge in [0, 0.05) is 11.1 Å². The molecule has 5 heteroatoms. The highest BCUT2D eigenvalue weighted by atomic mass is 16.6. The highest BCUT2D eigenvalue weighted by Gasteiger charge is 2.47. The van der Waals surface area contributed by atoms with Gasteiger partial charge in [-0.3, -0.25) is 0 Å². The molecule has 2 aliphatic rings. The largest absolute Gasteiger partial charge is 0.449 e. The van der Waals surface area contributed by atoms with Crippen LogP contribution in [0.5, 0.6) is 23.0 Å². The molecule has 0 fully saturated rings. The number of para-hydroxylation sites is 1. The minimum atomic E-state index is -0.554. The predicted octanol–water partition coefficient (Wildman–Crippen LogP) is 12.8. The zero-order valence-electron chi connectivity index (χ0n) is 30.7. The maximum absolute atomic E-state index is 6.93. The third kappa shape index (κ3) is 5.35. The second-order valence-corrected chi connectivity index (χ2v) is 14.3. The first-order valence-electron chi connectivity index (χ1n) is 19.1. The maximum Gasteiger partial charge on any atom is 0.181 e. The fourth-order valence-electron chi connectivity index (χ4n) is 8.52. The van der Waals surface area contributed by atoms with Crippen LogP contribution in [0.3, 0.4) is 0 Å². The van der Waals surface area contributed by atoms with Crippen molar-refractivity contribution >= 4 is 0 Å². The van der Waals surface area contributed by atoms with Gasteiger partial charge in [0.2, 0.25) is 0 Å². The predicted molar refractivity (Wildman–Crippen MR) is 225 cm³/mol. The first kappa shape index (κ1) is 32.8. The Labute approximate surface area is 330 Å². The highest BCUT2D eigenvalue weighted by Crippen LogP contribution is 2.60. The van der Waals surface area contributed by atoms with E-state index in [1.807, 2.05) is 78.9 Å². The zero-order chi connectivity index (χ0) is 37.8. The smallest absolute Gasteiger partial charge is 0.181 e. The summed E-state index contributed by atoms with van der Waals surface area (Å²) in [6.07, 6.45) is 0. The Morgan fingerprint density at radius 2 is 0.842 bits per heavy atom. The Morgan fingerprint density at radius 3 is 1.56 bits per heavy atom. The number of rotatable bonds is 6. The number of benzene rings is 8. The number of hydrogen-bond acceptors (Lipinski definition) is 5. The third-order valence-corrected chi connectivity index (χ3v) is 11.1. The van der Waals surface area contributed by atoms with Crippen LogP contribution in [0.2, 0.25) is 0 Å². The SMILES string of the molecule is c1ccc(-c2cccc(-c3nc(-c4ccccc4)nc(-c4cccc5c4Oc4cc6c(cc4O5)C(c4ccccc4)(c4ccccc4)c4ccccc4-6)n3)c2)cc1. The van der Waals surface area contributed by atoms with Crippen LogP contribution in [0.25, 0.3) is 56.4 Å². The Bertz CT molecular complexity index is 2910. The van der Waals surface area contributed by atoms with Gasteiger partial charge in [-0.15, -0.1) is 0 Å². The van der Waals surface area contributed by atoms with E-state index in [1.54, 1.807) is 0 Å². The lowest BCUT2D eigenvalue weighted by Crippen LogP contribution is -2.28. The molecule has 0 bridgehead atoms. The molecule has 57 heavy (non-hydrogen) atoms. The fourth-order valence-corrected chi connectivity index (χ4v) is 8.52. The second kappa shape index (κ2) is 13.3. The molecule has 0 spiro atoms. The molecule has 9 aromatic rings. The minimum absolute atomic E-state index is 0.492. The molecule has 0 unspecified atom stereocenters. The van der Waals surface area contributed by atoms with E-state index < -0.39 is 5.41 Å². The Morgan fingerprint density at radius 1 is 0.316 bits per heavy atom. The van der Waals surface area contributed by atoms with Crippen LogP contribution in [0, 0.1) is 0 Å². The molecule has 0 atom stereocenters. The van der Waals surface area contributed by atoms with Crippen molar-refractivity contribution in [2.45, 2.75) is 5.41 Å². The molecule has 0 saturated heterocycles. The molecule has 1 aliphatic carbocycles. The number of aromatic nitrogens is 3. The van der Waals surface area contributed by atoms with Crippen LogP contribution in [0.1, 0.15) is 22.3 Å². The third-order valence-electron chi connectivity index (χ3n) is 11.1. The number of nitrogens with zero attached hydrogens (tertiary/aromatic N) is 3. The summed E-state index contributed by atoms with van der Waals surface area (Å²) in [6.45, 7) is 0. The molecule has 0 amide bonds. The van der Waals surface area contributed by atoms with Crippen LogP contribution in [-0.4, -0.2) is 15.0 Å². The van der Waals surface area contributed by atoms with E-state index in [-0.39, 0.29) is 0 Å². The van der Waals surface area contributed by atoms with E-state index in [4.69, 9.17) is 24.4 Å². The van der Waals surface area contributed by atoms with Gasteiger partial charge in [-0.25, -0.2) is 15.0 Å². The fraction of sp³-hybridized carbons (Fsp3) is 0.0192. The van der Waals surface area contributed by atoms with E-state index in [0.717, 1.165) is 38.9 Å². The normalized spacial score (nSPS) is 13.0. The number of fused-ring (bicyclic) bond motifs is 5. The minimum Gasteiger partial charge on any atom is -0.449 e. The Hall–Kier alpha value is -7.63. The molecule has 1 aliphatic heterocycles. The molecule has 8 aromatic carbocycles. The van der Waals surface area contributed by atoms with Gasteiger partial charge in [-0.05, 0) is 74.8 Å². The van der Waals surface area contributed by atoms with E-state index in [0.29, 0.717) is 46.0 Å². The molecule has 2 heterocycles. The van der Waals surface area contributed by atoms with Crippen molar-refractivity contribution in [3.63, 3.8) is 0 Å². The summed E-state index contributed by atoms with van der Waals surface area (Å²) in [7, 11) is 0.